The van der Waals surface area contributed by atoms with Crippen LogP contribution in [-0.2, 0) is 11.2 Å². The van der Waals surface area contributed by atoms with Gasteiger partial charge in [-0.15, -0.1) is 0 Å². The quantitative estimate of drug-likeness (QED) is 0.668. The lowest BCUT2D eigenvalue weighted by Crippen LogP contribution is -2.35. The smallest absolute Gasteiger partial charge is 0.414 e. The van der Waals surface area contributed by atoms with Crippen LogP contribution in [0.5, 0.6) is 0 Å². The molecule has 0 saturated carbocycles. The third kappa shape index (κ3) is 3.74. The van der Waals surface area contributed by atoms with Crippen LogP contribution in [-0.4, -0.2) is 31.5 Å². The van der Waals surface area contributed by atoms with Gasteiger partial charge in [0.1, 0.15) is 17.4 Å². The van der Waals surface area contributed by atoms with Crippen molar-refractivity contribution in [1.29, 1.82) is 5.26 Å². The Labute approximate surface area is 142 Å². The summed E-state index contributed by atoms with van der Waals surface area (Å²) in [6.45, 7) is 6.10. The molecule has 0 atom stereocenters. The number of nitrogens with two attached hydrogens (primary N) is 1. The minimum absolute atomic E-state index is 0.113. The molecular weight excluding hydrogens is 304 g/mol. The minimum Gasteiger partial charge on any atom is -0.443 e. The van der Waals surface area contributed by atoms with Crippen LogP contribution in [0.3, 0.4) is 0 Å². The molecule has 1 aromatic rings. The Kier molecular flexibility index (Phi) is 4.93. The van der Waals surface area contributed by atoms with Gasteiger partial charge in [-0.05, 0) is 50.5 Å². The lowest BCUT2D eigenvalue weighted by molar-refractivity contribution is 0.0584. The Bertz CT molecular complexity index is 751. The first-order valence-electron chi connectivity index (χ1n) is 7.72. The van der Waals surface area contributed by atoms with Gasteiger partial charge in [-0.1, -0.05) is 6.07 Å². The summed E-state index contributed by atoms with van der Waals surface area (Å²) >= 11 is 0. The van der Waals surface area contributed by atoms with Crippen LogP contribution in [0.2, 0.25) is 0 Å². The van der Waals surface area contributed by atoms with Gasteiger partial charge in [0, 0.05) is 25.4 Å². The number of carbonyl (C=O) groups is 1. The highest BCUT2D eigenvalue weighted by atomic mass is 16.6. The van der Waals surface area contributed by atoms with Gasteiger partial charge in [0.25, 0.3) is 0 Å². The maximum absolute atomic E-state index is 12.3. The molecule has 1 aliphatic heterocycles. The van der Waals surface area contributed by atoms with Crippen LogP contribution < -0.4 is 10.6 Å². The number of benzene rings is 1. The summed E-state index contributed by atoms with van der Waals surface area (Å²) in [4.78, 5) is 17.9. The van der Waals surface area contributed by atoms with Gasteiger partial charge in [-0.3, -0.25) is 9.89 Å². The Morgan fingerprint density at radius 3 is 2.75 bits per heavy atom. The maximum Gasteiger partial charge on any atom is 0.414 e. The molecule has 126 valence electrons. The van der Waals surface area contributed by atoms with E-state index in [1.54, 1.807) is 18.2 Å². The molecule has 24 heavy (non-hydrogen) atoms. The molecule has 0 aliphatic carbocycles. The van der Waals surface area contributed by atoms with E-state index in [1.807, 2.05) is 45.0 Å². The zero-order chi connectivity index (χ0) is 17.9. The maximum atomic E-state index is 12.3. The van der Waals surface area contributed by atoms with E-state index >= 15 is 0 Å². The van der Waals surface area contributed by atoms with E-state index in [4.69, 9.17) is 15.7 Å². The molecule has 0 radical (unpaired) electrons. The largest absolute Gasteiger partial charge is 0.443 e. The second-order valence-corrected chi connectivity index (χ2v) is 6.55. The highest BCUT2D eigenvalue weighted by molar-refractivity contribution is 6.12. The molecule has 0 unspecified atom stereocenters. The summed E-state index contributed by atoms with van der Waals surface area (Å²) in [5.41, 5.74) is 8.59. The van der Waals surface area contributed by atoms with E-state index in [0.29, 0.717) is 12.1 Å². The number of rotatable bonds is 2. The molecule has 0 fully saturated rings. The van der Waals surface area contributed by atoms with Crippen LogP contribution in [0, 0.1) is 11.3 Å². The minimum atomic E-state index is -0.533. The van der Waals surface area contributed by atoms with Crippen molar-refractivity contribution in [2.75, 3.05) is 18.5 Å². The van der Waals surface area contributed by atoms with Crippen molar-refractivity contribution in [3.63, 3.8) is 0 Å². The Morgan fingerprint density at radius 2 is 2.17 bits per heavy atom. The first kappa shape index (κ1) is 17.5. The molecule has 1 amide bonds. The summed E-state index contributed by atoms with van der Waals surface area (Å²) in [5, 5.41) is 9.05. The molecule has 0 aromatic heterocycles. The highest BCUT2D eigenvalue weighted by Gasteiger charge is 2.29. The number of nitrogens with zero attached hydrogens (tertiary/aromatic N) is 3. The van der Waals surface area contributed by atoms with Crippen molar-refractivity contribution in [1.82, 2.24) is 0 Å². The molecule has 0 bridgehead atoms. The van der Waals surface area contributed by atoms with E-state index in [-0.39, 0.29) is 11.8 Å². The van der Waals surface area contributed by atoms with Gasteiger partial charge in [0.15, 0.2) is 0 Å². The van der Waals surface area contributed by atoms with Crippen LogP contribution in [0.1, 0.15) is 31.9 Å². The van der Waals surface area contributed by atoms with Crippen LogP contribution in [0.4, 0.5) is 10.5 Å². The van der Waals surface area contributed by atoms with Gasteiger partial charge in [-0.2, -0.15) is 5.26 Å². The molecule has 6 nitrogen and oxygen atoms in total. The second kappa shape index (κ2) is 6.75. The fourth-order valence-electron chi connectivity index (χ4n) is 2.56. The van der Waals surface area contributed by atoms with E-state index in [0.717, 1.165) is 23.2 Å². The first-order chi connectivity index (χ1) is 11.3. The number of aliphatic imine (C=N–C) groups is 1. The Hall–Kier alpha value is -2.81. The van der Waals surface area contributed by atoms with Gasteiger partial charge in [-0.25, -0.2) is 4.79 Å². The van der Waals surface area contributed by atoms with Crippen molar-refractivity contribution in [2.24, 2.45) is 10.7 Å². The fourth-order valence-corrected chi connectivity index (χ4v) is 2.56. The summed E-state index contributed by atoms with van der Waals surface area (Å²) in [5.74, 6) is 0. The standard InChI is InChI=1S/C18H22N4O2/c1-18(2,3)24-17(23)22-8-7-13-9-12(5-6-16(13)22)14(11-21-4)15(20)10-19/h5-6,9,11H,7-8,20H2,1-4H3. The molecular formula is C18H22N4O2. The van der Waals surface area contributed by atoms with E-state index in [2.05, 4.69) is 4.99 Å². The number of allylic oxidation sites excluding steroid dienone is 2. The van der Waals surface area contributed by atoms with Crippen molar-refractivity contribution in [2.45, 2.75) is 32.8 Å². The molecule has 0 saturated heterocycles. The van der Waals surface area contributed by atoms with Crippen molar-refractivity contribution < 1.29 is 9.53 Å². The SMILES string of the molecule is CN=CC(=C(N)C#N)c1ccc2c(c1)CCN2C(=O)OC(C)(C)C. The first-order valence-corrected chi connectivity index (χ1v) is 7.72. The molecule has 0 spiro atoms. The fraction of sp³-hybridized carbons (Fsp3) is 0.389. The topological polar surface area (TPSA) is 91.7 Å². The zero-order valence-corrected chi connectivity index (χ0v) is 14.5. The van der Waals surface area contributed by atoms with Crippen LogP contribution in [0.25, 0.3) is 5.57 Å². The molecule has 1 aromatic carbocycles. The molecule has 1 heterocycles. The molecule has 1 aliphatic rings. The van der Waals surface area contributed by atoms with Gasteiger partial charge in [0.2, 0.25) is 0 Å². The average Bonchev–Trinajstić information content (AvgIpc) is 2.93. The summed E-state index contributed by atoms with van der Waals surface area (Å²) in [6, 6.07) is 7.59. The Morgan fingerprint density at radius 1 is 1.46 bits per heavy atom. The van der Waals surface area contributed by atoms with Crippen molar-refractivity contribution in [3.05, 3.63) is 35.0 Å². The average molecular weight is 326 g/mol. The lowest BCUT2D eigenvalue weighted by atomic mass is 10.0. The number of ether oxygens (including phenoxy) is 1. The third-order valence-electron chi connectivity index (χ3n) is 3.57. The normalized spacial score (nSPS) is 15.0. The Balaban J connectivity index is 2.35. The van der Waals surface area contributed by atoms with E-state index < -0.39 is 5.60 Å². The summed E-state index contributed by atoms with van der Waals surface area (Å²) < 4.78 is 5.44. The predicted octanol–water partition coefficient (Wildman–Crippen LogP) is 2.88. The van der Waals surface area contributed by atoms with Crippen LogP contribution >= 0.6 is 0 Å². The number of anilines is 1. The van der Waals surface area contributed by atoms with E-state index in [1.165, 1.54) is 0 Å². The van der Waals surface area contributed by atoms with Crippen molar-refractivity contribution in [3.8, 4) is 6.07 Å². The van der Waals surface area contributed by atoms with Crippen LogP contribution in [0.15, 0.2) is 28.9 Å². The molecule has 6 heteroatoms. The lowest BCUT2D eigenvalue weighted by Gasteiger charge is -2.24. The number of hydrogen-bond donors (Lipinski definition) is 1. The third-order valence-corrected chi connectivity index (χ3v) is 3.57. The highest BCUT2D eigenvalue weighted by Crippen LogP contribution is 2.32. The number of hydrogen-bond acceptors (Lipinski definition) is 5. The van der Waals surface area contributed by atoms with E-state index in [9.17, 15) is 4.79 Å². The van der Waals surface area contributed by atoms with Gasteiger partial charge >= 0.3 is 6.09 Å². The number of amides is 1. The summed E-state index contributed by atoms with van der Waals surface area (Å²) in [7, 11) is 1.63. The number of fused-ring (bicyclic) bond motifs is 1. The predicted molar refractivity (Wildman–Crippen MR) is 94.9 cm³/mol. The van der Waals surface area contributed by atoms with Gasteiger partial charge in [0.05, 0.1) is 5.69 Å². The van der Waals surface area contributed by atoms with Gasteiger partial charge < -0.3 is 10.5 Å². The molecule has 2 rings (SSSR count). The second-order valence-electron chi connectivity index (χ2n) is 6.55. The monoisotopic (exact) mass is 326 g/mol. The number of carbonyl (C=O) groups excluding carboxylic acids is 1. The van der Waals surface area contributed by atoms with Crippen molar-refractivity contribution >= 4 is 23.6 Å². The number of nitriles is 1. The molecule has 2 N–H and O–H groups in total. The zero-order valence-electron chi connectivity index (χ0n) is 14.5. The summed E-state index contributed by atoms with van der Waals surface area (Å²) in [6.07, 6.45) is 1.95.